The Morgan fingerprint density at radius 2 is 1.95 bits per heavy atom. The second-order valence-electron chi connectivity index (χ2n) is 5.03. The van der Waals surface area contributed by atoms with Crippen molar-refractivity contribution < 1.29 is 14.6 Å². The molecule has 1 heterocycles. The Bertz CT molecular complexity index is 626. The number of hydrogen-bond donors (Lipinski definition) is 1. The van der Waals surface area contributed by atoms with Crippen molar-refractivity contribution in [3.8, 4) is 11.3 Å². The zero-order chi connectivity index (χ0) is 15.4. The van der Waals surface area contributed by atoms with Crippen LogP contribution in [-0.4, -0.2) is 29.4 Å². The standard InChI is InChI=1S/C17H21NO3/c1-4-13-5-7-14(8-6-13)16-11-15(17(19)20)12(2)18(16)9-10-21-3/h5-8,11H,4,9-10H2,1-3H3,(H,19,20). The van der Waals surface area contributed by atoms with E-state index in [0.29, 0.717) is 18.7 Å². The molecule has 1 N–H and O–H groups in total. The highest BCUT2D eigenvalue weighted by Gasteiger charge is 2.17. The van der Waals surface area contributed by atoms with E-state index in [1.165, 1.54) is 5.56 Å². The second-order valence-corrected chi connectivity index (χ2v) is 5.03. The van der Waals surface area contributed by atoms with Crippen LogP contribution in [0.25, 0.3) is 11.3 Å². The number of aryl methyl sites for hydroxylation is 1. The highest BCUT2D eigenvalue weighted by molar-refractivity contribution is 5.91. The van der Waals surface area contributed by atoms with E-state index in [4.69, 9.17) is 4.74 Å². The second kappa shape index (κ2) is 6.59. The number of carboxylic acid groups (broad SMARTS) is 1. The van der Waals surface area contributed by atoms with Gasteiger partial charge >= 0.3 is 5.97 Å². The largest absolute Gasteiger partial charge is 0.478 e. The van der Waals surface area contributed by atoms with Gasteiger partial charge in [-0.1, -0.05) is 31.2 Å². The molecule has 0 saturated carbocycles. The lowest BCUT2D eigenvalue weighted by atomic mass is 10.1. The summed E-state index contributed by atoms with van der Waals surface area (Å²) in [7, 11) is 1.65. The Morgan fingerprint density at radius 3 is 2.48 bits per heavy atom. The summed E-state index contributed by atoms with van der Waals surface area (Å²) in [6.45, 7) is 5.14. The average molecular weight is 287 g/mol. The van der Waals surface area contributed by atoms with Gasteiger partial charge in [-0.2, -0.15) is 0 Å². The fourth-order valence-corrected chi connectivity index (χ4v) is 2.48. The third kappa shape index (κ3) is 3.16. The predicted octanol–water partition coefficient (Wildman–Crippen LogP) is 3.37. The zero-order valence-electron chi connectivity index (χ0n) is 12.7. The lowest BCUT2D eigenvalue weighted by molar-refractivity contribution is 0.0696. The monoisotopic (exact) mass is 287 g/mol. The van der Waals surface area contributed by atoms with Crippen LogP contribution in [0.2, 0.25) is 0 Å². The molecule has 0 atom stereocenters. The highest BCUT2D eigenvalue weighted by atomic mass is 16.5. The van der Waals surface area contributed by atoms with E-state index in [1.54, 1.807) is 13.2 Å². The van der Waals surface area contributed by atoms with Crippen LogP contribution >= 0.6 is 0 Å². The number of aromatic nitrogens is 1. The maximum atomic E-state index is 11.3. The zero-order valence-corrected chi connectivity index (χ0v) is 12.7. The van der Waals surface area contributed by atoms with Crippen molar-refractivity contribution in [3.63, 3.8) is 0 Å². The molecule has 0 aliphatic carbocycles. The van der Waals surface area contributed by atoms with Crippen LogP contribution in [0.5, 0.6) is 0 Å². The van der Waals surface area contributed by atoms with Gasteiger partial charge in [0.1, 0.15) is 0 Å². The molecule has 112 valence electrons. The van der Waals surface area contributed by atoms with E-state index >= 15 is 0 Å². The van der Waals surface area contributed by atoms with Crippen molar-refractivity contribution in [3.05, 3.63) is 47.2 Å². The van der Waals surface area contributed by atoms with E-state index in [9.17, 15) is 9.90 Å². The maximum absolute atomic E-state index is 11.3. The van der Waals surface area contributed by atoms with Gasteiger partial charge in [0.2, 0.25) is 0 Å². The fourth-order valence-electron chi connectivity index (χ4n) is 2.48. The lowest BCUT2D eigenvalue weighted by Gasteiger charge is -2.11. The molecular weight excluding hydrogens is 266 g/mol. The van der Waals surface area contributed by atoms with E-state index in [2.05, 4.69) is 19.1 Å². The van der Waals surface area contributed by atoms with Gasteiger partial charge in [-0.05, 0) is 30.5 Å². The molecule has 0 amide bonds. The third-order valence-electron chi connectivity index (χ3n) is 3.77. The molecule has 1 aromatic heterocycles. The molecule has 2 aromatic rings. The third-order valence-corrected chi connectivity index (χ3v) is 3.77. The summed E-state index contributed by atoms with van der Waals surface area (Å²) < 4.78 is 7.14. The average Bonchev–Trinajstić information content (AvgIpc) is 2.82. The summed E-state index contributed by atoms with van der Waals surface area (Å²) in [5.41, 5.74) is 4.32. The quantitative estimate of drug-likeness (QED) is 0.886. The van der Waals surface area contributed by atoms with E-state index in [-0.39, 0.29) is 0 Å². The van der Waals surface area contributed by atoms with Crippen molar-refractivity contribution in [1.82, 2.24) is 4.57 Å². The van der Waals surface area contributed by atoms with Crippen molar-refractivity contribution in [2.24, 2.45) is 0 Å². The molecule has 2 rings (SSSR count). The van der Waals surface area contributed by atoms with Crippen LogP contribution in [0.4, 0.5) is 0 Å². The molecule has 1 aromatic carbocycles. The van der Waals surface area contributed by atoms with Crippen LogP contribution in [0, 0.1) is 6.92 Å². The van der Waals surface area contributed by atoms with Gasteiger partial charge in [0, 0.05) is 25.0 Å². The molecule has 0 aliphatic heterocycles. The first kappa shape index (κ1) is 15.3. The first-order valence-corrected chi connectivity index (χ1v) is 7.10. The lowest BCUT2D eigenvalue weighted by Crippen LogP contribution is -2.08. The highest BCUT2D eigenvalue weighted by Crippen LogP contribution is 2.26. The number of methoxy groups -OCH3 is 1. The number of aromatic carboxylic acids is 1. The molecule has 0 radical (unpaired) electrons. The van der Waals surface area contributed by atoms with Crippen LogP contribution in [0.3, 0.4) is 0 Å². The van der Waals surface area contributed by atoms with E-state index in [0.717, 1.165) is 23.4 Å². The molecule has 0 aliphatic rings. The Morgan fingerprint density at radius 1 is 1.29 bits per heavy atom. The molecule has 4 nitrogen and oxygen atoms in total. The van der Waals surface area contributed by atoms with Crippen molar-refractivity contribution in [1.29, 1.82) is 0 Å². The first-order chi connectivity index (χ1) is 10.1. The van der Waals surface area contributed by atoms with Gasteiger partial charge in [0.25, 0.3) is 0 Å². The summed E-state index contributed by atoms with van der Waals surface area (Å²) >= 11 is 0. The summed E-state index contributed by atoms with van der Waals surface area (Å²) in [5, 5.41) is 9.31. The minimum atomic E-state index is -0.893. The summed E-state index contributed by atoms with van der Waals surface area (Å²) in [6.07, 6.45) is 0.990. The number of carbonyl (C=O) groups is 1. The predicted molar refractivity (Wildman–Crippen MR) is 82.8 cm³/mol. The molecule has 0 saturated heterocycles. The molecular formula is C17H21NO3. The number of ether oxygens (including phenoxy) is 1. The van der Waals surface area contributed by atoms with E-state index in [1.807, 2.05) is 23.6 Å². The van der Waals surface area contributed by atoms with Crippen LogP contribution in [0.15, 0.2) is 30.3 Å². The number of nitrogens with zero attached hydrogens (tertiary/aromatic N) is 1. The Kier molecular flexibility index (Phi) is 4.81. The smallest absolute Gasteiger partial charge is 0.337 e. The number of rotatable bonds is 6. The minimum Gasteiger partial charge on any atom is -0.478 e. The number of hydrogen-bond acceptors (Lipinski definition) is 2. The molecule has 0 fully saturated rings. The van der Waals surface area contributed by atoms with Crippen LogP contribution < -0.4 is 0 Å². The van der Waals surface area contributed by atoms with Crippen molar-refractivity contribution in [2.45, 2.75) is 26.8 Å². The molecule has 4 heteroatoms. The summed E-state index contributed by atoms with van der Waals surface area (Å²) in [4.78, 5) is 11.3. The van der Waals surface area contributed by atoms with Gasteiger partial charge in [-0.25, -0.2) is 4.79 Å². The molecule has 0 bridgehead atoms. The van der Waals surface area contributed by atoms with Crippen molar-refractivity contribution in [2.75, 3.05) is 13.7 Å². The number of benzene rings is 1. The van der Waals surface area contributed by atoms with Gasteiger partial charge in [0.15, 0.2) is 0 Å². The van der Waals surface area contributed by atoms with Gasteiger partial charge in [0.05, 0.1) is 12.2 Å². The molecule has 21 heavy (non-hydrogen) atoms. The summed E-state index contributed by atoms with van der Waals surface area (Å²) in [6, 6.07) is 10.00. The maximum Gasteiger partial charge on any atom is 0.337 e. The Hall–Kier alpha value is -2.07. The topological polar surface area (TPSA) is 51.5 Å². The first-order valence-electron chi connectivity index (χ1n) is 7.10. The van der Waals surface area contributed by atoms with Gasteiger partial charge in [-0.15, -0.1) is 0 Å². The van der Waals surface area contributed by atoms with Gasteiger partial charge < -0.3 is 14.4 Å². The minimum absolute atomic E-state index is 0.348. The van der Waals surface area contributed by atoms with Gasteiger partial charge in [-0.3, -0.25) is 0 Å². The Balaban J connectivity index is 2.49. The van der Waals surface area contributed by atoms with Crippen LogP contribution in [-0.2, 0) is 17.7 Å². The van der Waals surface area contributed by atoms with Crippen molar-refractivity contribution >= 4 is 5.97 Å². The summed E-state index contributed by atoms with van der Waals surface area (Å²) in [5.74, 6) is -0.893. The normalized spacial score (nSPS) is 10.8. The SMILES string of the molecule is CCc1ccc(-c2cc(C(=O)O)c(C)n2CCOC)cc1. The Labute approximate surface area is 125 Å². The van der Waals surface area contributed by atoms with E-state index < -0.39 is 5.97 Å². The van der Waals surface area contributed by atoms with Crippen LogP contribution in [0.1, 0.15) is 28.5 Å². The number of carboxylic acids is 1. The fraction of sp³-hybridized carbons (Fsp3) is 0.353. The molecule has 0 spiro atoms. The molecule has 0 unspecified atom stereocenters.